The molecule has 0 aromatic carbocycles. The molecule has 0 aromatic heterocycles. The van der Waals surface area contributed by atoms with Gasteiger partial charge >= 0.3 is 5.97 Å². The van der Waals surface area contributed by atoms with Gasteiger partial charge < -0.3 is 9.29 Å². The van der Waals surface area contributed by atoms with Crippen LogP contribution in [0.5, 0.6) is 0 Å². The maximum absolute atomic E-state index is 10.5. The summed E-state index contributed by atoms with van der Waals surface area (Å²) in [5, 5.41) is 0. The number of esters is 1. The Kier molecular flexibility index (Phi) is 5.52. The molecule has 0 saturated heterocycles. The number of carbonyl (C=O) groups excluding carboxylic acids is 1. The molecule has 2 atom stereocenters. The molecule has 0 bridgehead atoms. The molecular weight excluding hydrogens is 184 g/mol. The highest BCUT2D eigenvalue weighted by atomic mass is 32.2. The van der Waals surface area contributed by atoms with E-state index in [4.69, 9.17) is 0 Å². The van der Waals surface area contributed by atoms with Crippen LogP contribution in [0.2, 0.25) is 0 Å². The molecule has 0 aliphatic heterocycles. The molecule has 0 N–H and O–H groups in total. The molecule has 0 saturated carbocycles. The summed E-state index contributed by atoms with van der Waals surface area (Å²) in [6, 6.07) is 0. The summed E-state index contributed by atoms with van der Waals surface area (Å²) in [5.74, 6) is -0.609. The van der Waals surface area contributed by atoms with Crippen molar-refractivity contribution in [2.24, 2.45) is 0 Å². The highest BCUT2D eigenvalue weighted by Gasteiger charge is 2.04. The largest absolute Gasteiger partial charge is 0.750 e. The van der Waals surface area contributed by atoms with E-state index in [0.29, 0.717) is 0 Å². The lowest BCUT2D eigenvalue weighted by Crippen LogP contribution is -2.19. The number of hydrogen-bond donors (Lipinski definition) is 0. The summed E-state index contributed by atoms with van der Waals surface area (Å²) in [6.45, 7) is 4.51. The molecule has 0 radical (unpaired) electrons. The van der Waals surface area contributed by atoms with E-state index >= 15 is 0 Å². The second-order valence-corrected chi connectivity index (χ2v) is 2.55. The van der Waals surface area contributed by atoms with Crippen LogP contribution in [0.25, 0.3) is 0 Å². The number of ether oxygens (including phenoxy) is 1. The predicted molar refractivity (Wildman–Crippen MR) is 40.6 cm³/mol. The van der Waals surface area contributed by atoms with E-state index < -0.39 is 23.4 Å². The number of carbonyl (C=O) groups is 1. The highest BCUT2D eigenvalue weighted by molar-refractivity contribution is 7.74. The zero-order valence-electron chi connectivity index (χ0n) is 6.52. The van der Waals surface area contributed by atoms with Gasteiger partial charge in [-0.25, -0.2) is 9.00 Å². The van der Waals surface area contributed by atoms with E-state index in [2.05, 4.69) is 15.5 Å². The van der Waals surface area contributed by atoms with Crippen molar-refractivity contribution in [1.82, 2.24) is 0 Å². The summed E-state index contributed by atoms with van der Waals surface area (Å²) in [7, 11) is 0. The maximum atomic E-state index is 10.5. The van der Waals surface area contributed by atoms with Crippen LogP contribution in [0.1, 0.15) is 6.92 Å². The van der Waals surface area contributed by atoms with Crippen LogP contribution in [-0.4, -0.2) is 27.4 Å². The Balaban J connectivity index is 3.56. The van der Waals surface area contributed by atoms with Crippen LogP contribution in [0, 0.1) is 0 Å². The van der Waals surface area contributed by atoms with Gasteiger partial charge in [-0.15, -0.1) is 0 Å². The first-order valence-corrected chi connectivity index (χ1v) is 4.12. The molecule has 2 unspecified atom stereocenters. The summed E-state index contributed by atoms with van der Waals surface area (Å²) in [5.41, 5.74) is 0. The van der Waals surface area contributed by atoms with E-state index in [0.717, 1.165) is 6.08 Å². The molecule has 0 amide bonds. The Labute approximate surface area is 72.8 Å². The van der Waals surface area contributed by atoms with E-state index in [1.807, 2.05) is 0 Å². The lowest BCUT2D eigenvalue weighted by atomic mass is 10.4. The fourth-order valence-corrected chi connectivity index (χ4v) is 0.744. The average Bonchev–Trinajstić information content (AvgIpc) is 1.99. The van der Waals surface area contributed by atoms with Crippen LogP contribution < -0.4 is 0 Å². The van der Waals surface area contributed by atoms with Crippen molar-refractivity contribution in [3.8, 4) is 0 Å². The zero-order valence-corrected chi connectivity index (χ0v) is 7.33. The zero-order chi connectivity index (χ0) is 9.56. The molecule has 0 aliphatic carbocycles. The van der Waals surface area contributed by atoms with Crippen molar-refractivity contribution in [1.29, 1.82) is 0 Å². The minimum absolute atomic E-state index is 0.112. The Bertz CT molecular complexity index is 190. The van der Waals surface area contributed by atoms with Crippen LogP contribution in [0.4, 0.5) is 0 Å². The molecule has 0 aromatic rings. The summed E-state index contributed by atoms with van der Waals surface area (Å²) in [6.07, 6.45) is 0.313. The molecule has 70 valence electrons. The van der Waals surface area contributed by atoms with Gasteiger partial charge in [-0.2, -0.15) is 0 Å². The second kappa shape index (κ2) is 5.87. The molecule has 12 heavy (non-hydrogen) atoms. The van der Waals surface area contributed by atoms with Gasteiger partial charge in [-0.05, 0) is 6.92 Å². The standard InChI is InChI=1S/C6H10O5S/c1-3-6(7)10-4-5(2)11-12(8)9/h3,5H,1,4H2,2H3,(H,8,9)/p-1. The third-order valence-electron chi connectivity index (χ3n) is 0.870. The lowest BCUT2D eigenvalue weighted by Gasteiger charge is -2.13. The van der Waals surface area contributed by atoms with E-state index in [9.17, 15) is 13.6 Å². The summed E-state index contributed by atoms with van der Waals surface area (Å²) < 4.78 is 28.6. The molecule has 0 aliphatic rings. The maximum Gasteiger partial charge on any atom is 0.330 e. The van der Waals surface area contributed by atoms with Gasteiger partial charge in [-0.1, -0.05) is 6.58 Å². The highest BCUT2D eigenvalue weighted by Crippen LogP contribution is 1.94. The van der Waals surface area contributed by atoms with Gasteiger partial charge in [0.05, 0.1) is 11.4 Å². The first kappa shape index (κ1) is 11.3. The average molecular weight is 193 g/mol. The first-order valence-electron chi connectivity index (χ1n) is 3.12. The molecule has 5 nitrogen and oxygen atoms in total. The monoisotopic (exact) mass is 193 g/mol. The van der Waals surface area contributed by atoms with Crippen LogP contribution >= 0.6 is 0 Å². The molecule has 0 fully saturated rings. The number of hydrogen-bond acceptors (Lipinski definition) is 5. The third kappa shape index (κ3) is 6.02. The quantitative estimate of drug-likeness (QED) is 0.346. The van der Waals surface area contributed by atoms with Gasteiger partial charge in [-0.3, -0.25) is 4.18 Å². The third-order valence-corrected chi connectivity index (χ3v) is 1.36. The minimum atomic E-state index is -2.58. The Hall–Kier alpha value is -0.720. The SMILES string of the molecule is C=CC(=O)OCC(C)OS(=O)[O-]. The van der Waals surface area contributed by atoms with Crippen molar-refractivity contribution in [3.63, 3.8) is 0 Å². The van der Waals surface area contributed by atoms with Crippen LogP contribution in [0.3, 0.4) is 0 Å². The van der Waals surface area contributed by atoms with Gasteiger partial charge in [0.25, 0.3) is 0 Å². The Morgan fingerprint density at radius 2 is 2.42 bits per heavy atom. The summed E-state index contributed by atoms with van der Waals surface area (Å²) >= 11 is -2.58. The predicted octanol–water partition coefficient (Wildman–Crippen LogP) is -0.0852. The fourth-order valence-electron chi connectivity index (χ4n) is 0.420. The van der Waals surface area contributed by atoms with Gasteiger partial charge in [0.1, 0.15) is 12.7 Å². The van der Waals surface area contributed by atoms with Gasteiger partial charge in [0.15, 0.2) is 0 Å². The fraction of sp³-hybridized carbons (Fsp3) is 0.500. The molecule has 0 rings (SSSR count). The molecule has 0 heterocycles. The topological polar surface area (TPSA) is 75.7 Å². The molecule has 6 heteroatoms. The first-order chi connectivity index (χ1) is 5.56. The minimum Gasteiger partial charge on any atom is -0.750 e. The lowest BCUT2D eigenvalue weighted by molar-refractivity contribution is -0.139. The van der Waals surface area contributed by atoms with Gasteiger partial charge in [0, 0.05) is 6.08 Å². The Morgan fingerprint density at radius 1 is 1.83 bits per heavy atom. The Morgan fingerprint density at radius 3 is 2.83 bits per heavy atom. The van der Waals surface area contributed by atoms with Crippen molar-refractivity contribution >= 4 is 17.3 Å². The summed E-state index contributed by atoms with van der Waals surface area (Å²) in [4.78, 5) is 10.5. The van der Waals surface area contributed by atoms with Crippen molar-refractivity contribution in [2.75, 3.05) is 6.61 Å². The van der Waals surface area contributed by atoms with Gasteiger partial charge in [0.2, 0.25) is 0 Å². The normalized spacial score (nSPS) is 14.8. The van der Waals surface area contributed by atoms with Crippen molar-refractivity contribution < 1.29 is 22.5 Å². The smallest absolute Gasteiger partial charge is 0.330 e. The van der Waals surface area contributed by atoms with E-state index in [1.165, 1.54) is 6.92 Å². The van der Waals surface area contributed by atoms with Crippen molar-refractivity contribution in [3.05, 3.63) is 12.7 Å². The van der Waals surface area contributed by atoms with E-state index in [1.54, 1.807) is 0 Å². The number of rotatable bonds is 5. The molecular formula is C6H9O5S-. The van der Waals surface area contributed by atoms with Crippen LogP contribution in [-0.2, 0) is 25.1 Å². The second-order valence-electron chi connectivity index (χ2n) is 1.95. The van der Waals surface area contributed by atoms with E-state index in [-0.39, 0.29) is 6.61 Å². The van der Waals surface area contributed by atoms with Crippen molar-refractivity contribution in [2.45, 2.75) is 13.0 Å². The van der Waals surface area contributed by atoms with Crippen LogP contribution in [0.15, 0.2) is 12.7 Å². The molecule has 0 spiro atoms.